The Morgan fingerprint density at radius 1 is 0.378 bits per heavy atom. The van der Waals surface area contributed by atoms with Gasteiger partial charge in [-0.15, -0.1) is 0 Å². The van der Waals surface area contributed by atoms with Gasteiger partial charge in [0, 0.05) is 49.6 Å². The van der Waals surface area contributed by atoms with Crippen molar-refractivity contribution < 1.29 is 4.42 Å². The Morgan fingerprint density at radius 3 is 1.62 bits per heavy atom. The molecular formula is C42H26N2O. The summed E-state index contributed by atoms with van der Waals surface area (Å²) in [6.07, 6.45) is 0. The van der Waals surface area contributed by atoms with E-state index in [1.807, 2.05) is 0 Å². The monoisotopic (exact) mass is 574 g/mol. The zero-order chi connectivity index (χ0) is 29.5. The zero-order valence-electron chi connectivity index (χ0n) is 24.3. The van der Waals surface area contributed by atoms with Crippen molar-refractivity contribution in [3.63, 3.8) is 0 Å². The van der Waals surface area contributed by atoms with Crippen LogP contribution in [0.5, 0.6) is 0 Å². The Bertz CT molecular complexity index is 2740. The first-order chi connectivity index (χ1) is 22.3. The second-order valence-electron chi connectivity index (χ2n) is 11.7. The molecule has 0 aliphatic carbocycles. The summed E-state index contributed by atoms with van der Waals surface area (Å²) in [5.41, 5.74) is 11.0. The summed E-state index contributed by atoms with van der Waals surface area (Å²) in [5.74, 6) is 0. The highest BCUT2D eigenvalue weighted by Crippen LogP contribution is 2.43. The normalized spacial score (nSPS) is 12.0. The van der Waals surface area contributed by atoms with Crippen LogP contribution in [-0.2, 0) is 0 Å². The molecule has 0 radical (unpaired) electrons. The molecule has 0 atom stereocenters. The first kappa shape index (κ1) is 24.4. The molecule has 3 heterocycles. The minimum Gasteiger partial charge on any atom is -0.455 e. The molecule has 0 amide bonds. The average molecular weight is 575 g/mol. The molecule has 3 nitrogen and oxygen atoms in total. The largest absolute Gasteiger partial charge is 0.455 e. The van der Waals surface area contributed by atoms with E-state index in [1.54, 1.807) is 0 Å². The van der Waals surface area contributed by atoms with Gasteiger partial charge in [-0.05, 0) is 42.0 Å². The quantitative estimate of drug-likeness (QED) is 0.206. The van der Waals surface area contributed by atoms with Gasteiger partial charge < -0.3 is 13.6 Å². The summed E-state index contributed by atoms with van der Waals surface area (Å²) >= 11 is 0. The molecule has 0 saturated carbocycles. The Morgan fingerprint density at radius 2 is 0.933 bits per heavy atom. The molecule has 0 N–H and O–H groups in total. The minimum absolute atomic E-state index is 0.882. The topological polar surface area (TPSA) is 23.0 Å². The fourth-order valence-corrected chi connectivity index (χ4v) is 7.39. The van der Waals surface area contributed by atoms with E-state index in [4.69, 9.17) is 4.42 Å². The third-order valence-corrected chi connectivity index (χ3v) is 9.31. The number of aromatic nitrogens is 2. The van der Waals surface area contributed by atoms with Crippen molar-refractivity contribution in [2.75, 3.05) is 0 Å². The van der Waals surface area contributed by atoms with E-state index >= 15 is 0 Å². The highest BCUT2D eigenvalue weighted by atomic mass is 16.3. The van der Waals surface area contributed by atoms with E-state index in [0.29, 0.717) is 0 Å². The van der Waals surface area contributed by atoms with Gasteiger partial charge in [0.25, 0.3) is 0 Å². The highest BCUT2D eigenvalue weighted by molar-refractivity contribution is 6.24. The lowest BCUT2D eigenvalue weighted by atomic mass is 10.0. The number of hydrogen-bond donors (Lipinski definition) is 0. The third-order valence-electron chi connectivity index (χ3n) is 9.31. The number of furan rings is 1. The second kappa shape index (κ2) is 9.22. The van der Waals surface area contributed by atoms with Gasteiger partial charge in [-0.1, -0.05) is 115 Å². The molecular weight excluding hydrogens is 548 g/mol. The lowest BCUT2D eigenvalue weighted by Gasteiger charge is -2.12. The van der Waals surface area contributed by atoms with E-state index in [0.717, 1.165) is 44.4 Å². The molecule has 0 bridgehead atoms. The summed E-state index contributed by atoms with van der Waals surface area (Å²) in [7, 11) is 0. The van der Waals surface area contributed by atoms with Crippen molar-refractivity contribution >= 4 is 65.6 Å². The first-order valence-corrected chi connectivity index (χ1v) is 15.4. The molecule has 0 fully saturated rings. The molecule has 3 aromatic heterocycles. The lowest BCUT2D eigenvalue weighted by Crippen LogP contribution is -1.98. The highest BCUT2D eigenvalue weighted by Gasteiger charge is 2.21. The summed E-state index contributed by atoms with van der Waals surface area (Å²) in [6, 6.07) is 56.4. The van der Waals surface area contributed by atoms with Crippen molar-refractivity contribution in [1.82, 2.24) is 9.13 Å². The molecule has 7 aromatic carbocycles. The van der Waals surface area contributed by atoms with Gasteiger partial charge in [0.15, 0.2) is 0 Å². The molecule has 0 unspecified atom stereocenters. The number of nitrogens with zero attached hydrogens (tertiary/aromatic N) is 2. The van der Waals surface area contributed by atoms with Crippen LogP contribution in [-0.4, -0.2) is 9.13 Å². The molecule has 3 heteroatoms. The van der Waals surface area contributed by atoms with Gasteiger partial charge in [-0.25, -0.2) is 0 Å². The van der Waals surface area contributed by atoms with Gasteiger partial charge in [-0.3, -0.25) is 0 Å². The maximum Gasteiger partial charge on any atom is 0.143 e. The van der Waals surface area contributed by atoms with Crippen molar-refractivity contribution in [2.45, 2.75) is 0 Å². The summed E-state index contributed by atoms with van der Waals surface area (Å²) in [5, 5.41) is 7.20. The van der Waals surface area contributed by atoms with E-state index in [-0.39, 0.29) is 0 Å². The Labute approximate surface area is 258 Å². The van der Waals surface area contributed by atoms with Crippen LogP contribution in [0.4, 0.5) is 0 Å². The molecule has 0 aliphatic heterocycles. The predicted octanol–water partition coefficient (Wildman–Crippen LogP) is 11.4. The standard InChI is InChI=1S/C42H26N2O/c1-3-12-27(13-4-1)30-18-11-19-36-33-23-22-29(26-39(33)45-42(30)36)44-38-21-10-8-17-32(38)35-25-24-34-31-16-7-9-20-37(31)43(40(34)41(35)44)28-14-5-2-6-15-28/h1-26H. The maximum atomic E-state index is 6.71. The van der Waals surface area contributed by atoms with E-state index < -0.39 is 0 Å². The van der Waals surface area contributed by atoms with Crippen LogP contribution < -0.4 is 0 Å². The fourth-order valence-electron chi connectivity index (χ4n) is 7.39. The van der Waals surface area contributed by atoms with Crippen LogP contribution in [0.25, 0.3) is 88.1 Å². The Hall–Kier alpha value is -6.06. The van der Waals surface area contributed by atoms with Crippen LogP contribution >= 0.6 is 0 Å². The number of benzene rings is 7. The number of hydrogen-bond acceptors (Lipinski definition) is 1. The van der Waals surface area contributed by atoms with Gasteiger partial charge in [0.1, 0.15) is 11.2 Å². The van der Waals surface area contributed by atoms with Crippen LogP contribution in [0.15, 0.2) is 162 Å². The van der Waals surface area contributed by atoms with Crippen LogP contribution in [0, 0.1) is 0 Å². The summed E-state index contributed by atoms with van der Waals surface area (Å²) in [6.45, 7) is 0. The van der Waals surface area contributed by atoms with Gasteiger partial charge in [0.2, 0.25) is 0 Å². The van der Waals surface area contributed by atoms with E-state index in [1.165, 1.54) is 43.6 Å². The number of para-hydroxylation sites is 4. The fraction of sp³-hybridized carbons (Fsp3) is 0. The van der Waals surface area contributed by atoms with Crippen molar-refractivity contribution in [2.24, 2.45) is 0 Å². The Balaban J connectivity index is 1.33. The molecule has 0 spiro atoms. The van der Waals surface area contributed by atoms with Crippen molar-refractivity contribution in [1.29, 1.82) is 0 Å². The molecule has 210 valence electrons. The van der Waals surface area contributed by atoms with Crippen LogP contribution in [0.3, 0.4) is 0 Å². The van der Waals surface area contributed by atoms with Crippen LogP contribution in [0.1, 0.15) is 0 Å². The smallest absolute Gasteiger partial charge is 0.143 e. The number of fused-ring (bicyclic) bond motifs is 10. The third kappa shape index (κ3) is 3.41. The predicted molar refractivity (Wildman–Crippen MR) is 188 cm³/mol. The Kier molecular flexibility index (Phi) is 5.00. The lowest BCUT2D eigenvalue weighted by molar-refractivity contribution is 0.669. The maximum absolute atomic E-state index is 6.71. The molecule has 10 rings (SSSR count). The van der Waals surface area contributed by atoms with E-state index in [9.17, 15) is 0 Å². The van der Waals surface area contributed by atoms with E-state index in [2.05, 4.69) is 167 Å². The number of rotatable bonds is 3. The average Bonchev–Trinajstić information content (AvgIpc) is 3.76. The second-order valence-corrected chi connectivity index (χ2v) is 11.7. The van der Waals surface area contributed by atoms with Crippen molar-refractivity contribution in [3.8, 4) is 22.5 Å². The molecule has 0 saturated heterocycles. The van der Waals surface area contributed by atoms with Crippen molar-refractivity contribution in [3.05, 3.63) is 158 Å². The molecule has 45 heavy (non-hydrogen) atoms. The zero-order valence-corrected chi connectivity index (χ0v) is 24.3. The SMILES string of the molecule is c1ccc(-c2cccc3c2oc2cc(-n4c5ccccc5c5ccc6c7ccccc7n(-c7ccccc7)c6c54)ccc23)cc1. The molecule has 0 aliphatic rings. The van der Waals surface area contributed by atoms with Gasteiger partial charge in [-0.2, -0.15) is 0 Å². The van der Waals surface area contributed by atoms with Gasteiger partial charge in [0.05, 0.1) is 27.8 Å². The minimum atomic E-state index is 0.882. The first-order valence-electron chi connectivity index (χ1n) is 15.4. The van der Waals surface area contributed by atoms with Gasteiger partial charge >= 0.3 is 0 Å². The summed E-state index contributed by atoms with van der Waals surface area (Å²) in [4.78, 5) is 0. The molecule has 10 aromatic rings. The van der Waals surface area contributed by atoms with Crippen LogP contribution in [0.2, 0.25) is 0 Å². The summed E-state index contributed by atoms with van der Waals surface area (Å²) < 4.78 is 11.6.